The van der Waals surface area contributed by atoms with E-state index in [4.69, 9.17) is 11.6 Å². The molecule has 0 aromatic rings. The average molecular weight is 130 g/mol. The summed E-state index contributed by atoms with van der Waals surface area (Å²) in [4.78, 5) is 14.1. The maximum Gasteiger partial charge on any atom is 0.195 e. The van der Waals surface area contributed by atoms with E-state index in [1.807, 2.05) is 0 Å². The number of ketones is 1. The average Bonchev–Trinajstić information content (AvgIpc) is 1.77. The van der Waals surface area contributed by atoms with Crippen molar-refractivity contribution >= 4 is 23.6 Å². The molecule has 1 rings (SSSR count). The number of aliphatic imine (C=N–C) groups is 1. The number of allylic oxidation sites excluding steroid dienone is 1. The molecule has 0 bridgehead atoms. The molecule has 0 saturated carbocycles. The minimum atomic E-state index is -0.681. The van der Waals surface area contributed by atoms with Gasteiger partial charge in [0.2, 0.25) is 0 Å². The van der Waals surface area contributed by atoms with E-state index in [2.05, 4.69) is 4.99 Å². The quantitative estimate of drug-likeness (QED) is 0.351. The molecular weight excluding hydrogens is 126 g/mol. The van der Waals surface area contributed by atoms with Crippen LogP contribution in [0.3, 0.4) is 0 Å². The molecule has 0 fully saturated rings. The number of carbonyl (C=O) groups excluding carboxylic acids is 1. The van der Waals surface area contributed by atoms with Crippen molar-refractivity contribution in [3.63, 3.8) is 0 Å². The molecule has 2 nitrogen and oxygen atoms in total. The summed E-state index contributed by atoms with van der Waals surface area (Å²) < 4.78 is 0. The van der Waals surface area contributed by atoms with Crippen molar-refractivity contribution in [2.45, 2.75) is 5.50 Å². The van der Waals surface area contributed by atoms with Crippen LogP contribution in [0, 0.1) is 0 Å². The third-order valence-electron chi connectivity index (χ3n) is 0.798. The Morgan fingerprint density at radius 1 is 1.75 bits per heavy atom. The number of halogens is 1. The van der Waals surface area contributed by atoms with Gasteiger partial charge in [-0.3, -0.25) is 9.79 Å². The van der Waals surface area contributed by atoms with Crippen molar-refractivity contribution in [1.29, 1.82) is 0 Å². The highest BCUT2D eigenvalue weighted by Gasteiger charge is 2.10. The van der Waals surface area contributed by atoms with Gasteiger partial charge in [0.1, 0.15) is 0 Å². The molecule has 0 aliphatic carbocycles. The van der Waals surface area contributed by atoms with Crippen LogP contribution >= 0.6 is 11.6 Å². The molecule has 8 heavy (non-hydrogen) atoms. The molecule has 1 unspecified atom stereocenters. The second kappa shape index (κ2) is 2.09. The summed E-state index contributed by atoms with van der Waals surface area (Å²) in [6, 6.07) is 0. The van der Waals surface area contributed by atoms with Crippen LogP contribution in [0.1, 0.15) is 0 Å². The van der Waals surface area contributed by atoms with Crippen LogP contribution in [-0.2, 0) is 4.79 Å². The Bertz CT molecular complexity index is 162. The smallest absolute Gasteiger partial charge is 0.195 e. The van der Waals surface area contributed by atoms with Crippen molar-refractivity contribution in [3.05, 3.63) is 12.2 Å². The Morgan fingerprint density at radius 2 is 2.50 bits per heavy atom. The van der Waals surface area contributed by atoms with E-state index >= 15 is 0 Å². The molecule has 42 valence electrons. The van der Waals surface area contributed by atoms with Gasteiger partial charge in [-0.25, -0.2) is 0 Å². The third kappa shape index (κ3) is 0.954. The number of alkyl halides is 1. The van der Waals surface area contributed by atoms with E-state index in [1.54, 1.807) is 6.08 Å². The minimum Gasteiger partial charge on any atom is -0.291 e. The van der Waals surface area contributed by atoms with E-state index in [1.165, 1.54) is 12.3 Å². The van der Waals surface area contributed by atoms with Gasteiger partial charge in [0.25, 0.3) is 0 Å². The number of hydrogen-bond acceptors (Lipinski definition) is 2. The van der Waals surface area contributed by atoms with Gasteiger partial charge in [0, 0.05) is 6.21 Å². The highest BCUT2D eigenvalue weighted by Crippen LogP contribution is 2.02. The minimum absolute atomic E-state index is 0.144. The first-order chi connectivity index (χ1) is 3.80. The number of carbonyl (C=O) groups is 1. The van der Waals surface area contributed by atoms with E-state index in [-0.39, 0.29) is 5.78 Å². The summed E-state index contributed by atoms with van der Waals surface area (Å²) in [5, 5.41) is 0. The molecule has 0 N–H and O–H groups in total. The van der Waals surface area contributed by atoms with Crippen molar-refractivity contribution in [3.8, 4) is 0 Å². The van der Waals surface area contributed by atoms with Crippen LogP contribution in [-0.4, -0.2) is 17.5 Å². The van der Waals surface area contributed by atoms with E-state index in [0.717, 1.165) is 0 Å². The number of rotatable bonds is 0. The number of dihydropyridines is 1. The van der Waals surface area contributed by atoms with Gasteiger partial charge < -0.3 is 0 Å². The van der Waals surface area contributed by atoms with Gasteiger partial charge in [-0.05, 0) is 12.2 Å². The summed E-state index contributed by atoms with van der Waals surface area (Å²) in [5.74, 6) is -0.144. The van der Waals surface area contributed by atoms with E-state index in [0.29, 0.717) is 0 Å². The van der Waals surface area contributed by atoms with Crippen molar-refractivity contribution in [1.82, 2.24) is 0 Å². The molecule has 0 spiro atoms. The largest absolute Gasteiger partial charge is 0.291 e. The fourth-order valence-corrected chi connectivity index (χ4v) is 0.554. The molecule has 1 atom stereocenters. The summed E-state index contributed by atoms with van der Waals surface area (Å²) in [5.41, 5.74) is -0.681. The third-order valence-corrected chi connectivity index (χ3v) is 1.13. The first-order valence-corrected chi connectivity index (χ1v) is 2.62. The first-order valence-electron chi connectivity index (χ1n) is 2.18. The lowest BCUT2D eigenvalue weighted by Gasteiger charge is -1.99. The molecule has 0 aromatic heterocycles. The van der Waals surface area contributed by atoms with Gasteiger partial charge >= 0.3 is 0 Å². The lowest BCUT2D eigenvalue weighted by molar-refractivity contribution is -0.114. The normalized spacial score (nSPS) is 26.6. The molecule has 0 radical (unpaired) electrons. The van der Waals surface area contributed by atoms with Crippen molar-refractivity contribution < 1.29 is 4.79 Å². The Labute approximate surface area is 51.9 Å². The van der Waals surface area contributed by atoms with Gasteiger partial charge in [-0.1, -0.05) is 11.6 Å². The molecule has 0 saturated heterocycles. The Balaban J connectivity index is 2.74. The van der Waals surface area contributed by atoms with E-state index < -0.39 is 5.50 Å². The Morgan fingerprint density at radius 3 is 2.88 bits per heavy atom. The summed E-state index contributed by atoms with van der Waals surface area (Å²) in [7, 11) is 0. The maximum atomic E-state index is 10.5. The zero-order chi connectivity index (χ0) is 5.98. The molecule has 1 aliphatic rings. The topological polar surface area (TPSA) is 29.4 Å². The fraction of sp³-hybridized carbons (Fsp3) is 0.200. The molecule has 1 heterocycles. The molecule has 3 heteroatoms. The van der Waals surface area contributed by atoms with Crippen LogP contribution in [0.25, 0.3) is 0 Å². The van der Waals surface area contributed by atoms with Crippen molar-refractivity contribution in [2.24, 2.45) is 4.99 Å². The highest BCUT2D eigenvalue weighted by molar-refractivity contribution is 6.33. The van der Waals surface area contributed by atoms with Crippen LogP contribution in [0.4, 0.5) is 0 Å². The number of hydrogen-bond donors (Lipinski definition) is 0. The van der Waals surface area contributed by atoms with Gasteiger partial charge in [0.15, 0.2) is 11.3 Å². The van der Waals surface area contributed by atoms with E-state index in [9.17, 15) is 4.79 Å². The molecule has 1 aliphatic heterocycles. The predicted octanol–water partition coefficient (Wildman–Crippen LogP) is 0.761. The zero-order valence-electron chi connectivity index (χ0n) is 4.04. The van der Waals surface area contributed by atoms with Gasteiger partial charge in [0.05, 0.1) is 0 Å². The fourth-order valence-electron chi connectivity index (χ4n) is 0.416. The monoisotopic (exact) mass is 129 g/mol. The predicted molar refractivity (Wildman–Crippen MR) is 32.3 cm³/mol. The van der Waals surface area contributed by atoms with Gasteiger partial charge in [-0.2, -0.15) is 0 Å². The van der Waals surface area contributed by atoms with Crippen LogP contribution in [0.15, 0.2) is 17.1 Å². The SMILES string of the molecule is O=C1C=CC=NC1Cl. The van der Waals surface area contributed by atoms with Crippen LogP contribution in [0.5, 0.6) is 0 Å². The lowest BCUT2D eigenvalue weighted by Crippen LogP contribution is -2.11. The second-order valence-corrected chi connectivity index (χ2v) is 1.81. The summed E-state index contributed by atoms with van der Waals surface area (Å²) >= 11 is 5.37. The van der Waals surface area contributed by atoms with Crippen molar-refractivity contribution in [2.75, 3.05) is 0 Å². The standard InChI is InChI=1S/C5H4ClNO/c6-5-4(8)2-1-3-7-5/h1-3,5H. The Kier molecular flexibility index (Phi) is 1.44. The highest BCUT2D eigenvalue weighted by atomic mass is 35.5. The lowest BCUT2D eigenvalue weighted by atomic mass is 10.3. The van der Waals surface area contributed by atoms with Gasteiger partial charge in [-0.15, -0.1) is 0 Å². The van der Waals surface area contributed by atoms with Crippen LogP contribution in [0.2, 0.25) is 0 Å². The number of nitrogens with zero attached hydrogens (tertiary/aromatic N) is 1. The summed E-state index contributed by atoms with van der Waals surface area (Å²) in [6.07, 6.45) is 4.49. The second-order valence-electron chi connectivity index (χ2n) is 1.40. The molecule has 0 aromatic carbocycles. The molecular formula is C5H4ClNO. The summed E-state index contributed by atoms with van der Waals surface area (Å²) in [6.45, 7) is 0. The Hall–Kier alpha value is -0.630. The maximum absolute atomic E-state index is 10.5. The zero-order valence-corrected chi connectivity index (χ0v) is 4.80. The molecule has 0 amide bonds. The first kappa shape index (κ1) is 5.51. The van der Waals surface area contributed by atoms with Crippen LogP contribution < -0.4 is 0 Å².